The van der Waals surface area contributed by atoms with Crippen molar-refractivity contribution >= 4 is 23.5 Å². The van der Waals surface area contributed by atoms with E-state index in [1.165, 1.54) is 13.1 Å². The molecule has 0 aliphatic heterocycles. The summed E-state index contributed by atoms with van der Waals surface area (Å²) in [7, 11) is 0. The Morgan fingerprint density at radius 2 is 2.00 bits per heavy atom. The largest absolute Gasteiger partial charge is 0.354 e. The maximum absolute atomic E-state index is 12.4. The number of hydrogen-bond acceptors (Lipinski definition) is 6. The van der Waals surface area contributed by atoms with Gasteiger partial charge in [-0.05, 0) is 38.5 Å². The fourth-order valence-corrected chi connectivity index (χ4v) is 2.18. The molecule has 8 nitrogen and oxygen atoms in total. The molecule has 3 N–H and O–H groups in total. The van der Waals surface area contributed by atoms with Crippen molar-refractivity contribution in [1.29, 1.82) is 0 Å². The van der Waals surface area contributed by atoms with Gasteiger partial charge in [0.15, 0.2) is 5.69 Å². The lowest BCUT2D eigenvalue weighted by atomic mass is 10.2. The standard InChI is InChI=1S/C17H22N6O2/c1-11(6-9-19-17-20-10-7-12(2)22-17)21-16(25)15-14(23-13(3)24)5-4-8-18-15/h4-5,7-8,10-11H,6,9H2,1-3H3,(H,21,25)(H,23,24)(H,19,20,22). The fourth-order valence-electron chi connectivity index (χ4n) is 2.18. The lowest BCUT2D eigenvalue weighted by Crippen LogP contribution is -2.35. The highest BCUT2D eigenvalue weighted by atomic mass is 16.2. The second kappa shape index (κ2) is 8.72. The monoisotopic (exact) mass is 342 g/mol. The summed E-state index contributed by atoms with van der Waals surface area (Å²) >= 11 is 0. The number of carbonyl (C=O) groups is 2. The lowest BCUT2D eigenvalue weighted by molar-refractivity contribution is -0.114. The van der Waals surface area contributed by atoms with Crippen molar-refractivity contribution in [3.8, 4) is 0 Å². The Balaban J connectivity index is 1.87. The maximum atomic E-state index is 12.4. The molecule has 1 unspecified atom stereocenters. The molecule has 0 saturated heterocycles. The van der Waals surface area contributed by atoms with E-state index < -0.39 is 0 Å². The van der Waals surface area contributed by atoms with Crippen molar-refractivity contribution in [3.63, 3.8) is 0 Å². The molecular formula is C17H22N6O2. The van der Waals surface area contributed by atoms with Crippen LogP contribution in [-0.4, -0.2) is 39.4 Å². The summed E-state index contributed by atoms with van der Waals surface area (Å²) in [4.78, 5) is 36.0. The third kappa shape index (κ3) is 5.83. The Hall–Kier alpha value is -3.03. The smallest absolute Gasteiger partial charge is 0.272 e. The van der Waals surface area contributed by atoms with Gasteiger partial charge in [0, 0.05) is 37.6 Å². The first kappa shape index (κ1) is 18.3. The normalized spacial score (nSPS) is 11.5. The molecule has 0 aromatic carbocycles. The van der Waals surface area contributed by atoms with Crippen LogP contribution in [0, 0.1) is 6.92 Å². The van der Waals surface area contributed by atoms with Crippen LogP contribution in [0.1, 0.15) is 36.5 Å². The number of nitrogens with zero attached hydrogens (tertiary/aromatic N) is 3. The summed E-state index contributed by atoms with van der Waals surface area (Å²) in [6, 6.07) is 5.05. The molecule has 0 radical (unpaired) electrons. The van der Waals surface area contributed by atoms with Gasteiger partial charge in [0.1, 0.15) is 0 Å². The Morgan fingerprint density at radius 3 is 2.72 bits per heavy atom. The van der Waals surface area contributed by atoms with E-state index in [0.717, 1.165) is 5.69 Å². The summed E-state index contributed by atoms with van der Waals surface area (Å²) in [6.07, 6.45) is 3.90. The first-order chi connectivity index (χ1) is 12.0. The minimum Gasteiger partial charge on any atom is -0.354 e. The second-order valence-electron chi connectivity index (χ2n) is 5.69. The van der Waals surface area contributed by atoms with Crippen LogP contribution in [0.5, 0.6) is 0 Å². The quantitative estimate of drug-likeness (QED) is 0.707. The van der Waals surface area contributed by atoms with E-state index in [-0.39, 0.29) is 23.6 Å². The minimum atomic E-state index is -0.330. The topological polar surface area (TPSA) is 109 Å². The van der Waals surface area contributed by atoms with Crippen molar-refractivity contribution < 1.29 is 9.59 Å². The van der Waals surface area contributed by atoms with E-state index in [4.69, 9.17) is 0 Å². The molecule has 2 aromatic rings. The van der Waals surface area contributed by atoms with E-state index in [1.54, 1.807) is 18.3 Å². The van der Waals surface area contributed by atoms with Gasteiger partial charge in [0.05, 0.1) is 5.69 Å². The van der Waals surface area contributed by atoms with Gasteiger partial charge in [-0.15, -0.1) is 0 Å². The van der Waals surface area contributed by atoms with E-state index in [1.807, 2.05) is 19.9 Å². The third-order valence-electron chi connectivity index (χ3n) is 3.37. The Morgan fingerprint density at radius 1 is 1.20 bits per heavy atom. The molecule has 25 heavy (non-hydrogen) atoms. The van der Waals surface area contributed by atoms with Crippen LogP contribution >= 0.6 is 0 Å². The van der Waals surface area contributed by atoms with E-state index in [2.05, 4.69) is 30.9 Å². The van der Waals surface area contributed by atoms with Crippen LogP contribution < -0.4 is 16.0 Å². The van der Waals surface area contributed by atoms with Crippen LogP contribution in [0.4, 0.5) is 11.6 Å². The van der Waals surface area contributed by atoms with Gasteiger partial charge in [0.25, 0.3) is 5.91 Å². The molecule has 0 saturated carbocycles. The van der Waals surface area contributed by atoms with Crippen LogP contribution in [0.2, 0.25) is 0 Å². The first-order valence-corrected chi connectivity index (χ1v) is 8.02. The maximum Gasteiger partial charge on any atom is 0.272 e. The summed E-state index contributed by atoms with van der Waals surface area (Å²) in [5.74, 6) is -0.0164. The Kier molecular flexibility index (Phi) is 6.39. The van der Waals surface area contributed by atoms with Crippen LogP contribution in [0.15, 0.2) is 30.6 Å². The Labute approximate surface area is 146 Å². The highest BCUT2D eigenvalue weighted by Crippen LogP contribution is 2.12. The van der Waals surface area contributed by atoms with Crippen molar-refractivity contribution in [2.75, 3.05) is 17.2 Å². The molecule has 2 rings (SSSR count). The average Bonchev–Trinajstić information content (AvgIpc) is 2.54. The zero-order chi connectivity index (χ0) is 18.2. The number of amides is 2. The second-order valence-corrected chi connectivity index (χ2v) is 5.69. The molecule has 0 aliphatic rings. The zero-order valence-corrected chi connectivity index (χ0v) is 14.5. The van der Waals surface area contributed by atoms with Crippen molar-refractivity contribution in [3.05, 3.63) is 42.0 Å². The van der Waals surface area contributed by atoms with Crippen LogP contribution in [0.3, 0.4) is 0 Å². The summed E-state index contributed by atoms with van der Waals surface area (Å²) in [5, 5.41) is 8.60. The van der Waals surface area contributed by atoms with Gasteiger partial charge in [-0.1, -0.05) is 0 Å². The summed E-state index contributed by atoms with van der Waals surface area (Å²) in [5.41, 5.74) is 1.48. The summed E-state index contributed by atoms with van der Waals surface area (Å²) < 4.78 is 0. The fraction of sp³-hybridized carbons (Fsp3) is 0.353. The molecule has 8 heteroatoms. The number of hydrogen-bond donors (Lipinski definition) is 3. The van der Waals surface area contributed by atoms with Crippen molar-refractivity contribution in [2.24, 2.45) is 0 Å². The molecule has 0 aliphatic carbocycles. The lowest BCUT2D eigenvalue weighted by Gasteiger charge is -2.15. The van der Waals surface area contributed by atoms with Crippen LogP contribution in [0.25, 0.3) is 0 Å². The molecule has 0 bridgehead atoms. The molecular weight excluding hydrogens is 320 g/mol. The van der Waals surface area contributed by atoms with Gasteiger partial charge < -0.3 is 16.0 Å². The predicted molar refractivity (Wildman–Crippen MR) is 95.3 cm³/mol. The molecule has 2 aromatic heterocycles. The van der Waals surface area contributed by atoms with Gasteiger partial charge in [-0.25, -0.2) is 15.0 Å². The third-order valence-corrected chi connectivity index (χ3v) is 3.37. The van der Waals surface area contributed by atoms with Gasteiger partial charge in [-0.2, -0.15) is 0 Å². The number of anilines is 2. The molecule has 2 amide bonds. The average molecular weight is 342 g/mol. The van der Waals surface area contributed by atoms with E-state index in [9.17, 15) is 9.59 Å². The summed E-state index contributed by atoms with van der Waals surface area (Å²) in [6.45, 7) is 5.80. The highest BCUT2D eigenvalue weighted by Gasteiger charge is 2.15. The molecule has 2 heterocycles. The molecule has 132 valence electrons. The number of aryl methyl sites for hydroxylation is 1. The number of nitrogens with one attached hydrogen (secondary N) is 3. The number of aromatic nitrogens is 3. The van der Waals surface area contributed by atoms with Gasteiger partial charge >= 0.3 is 0 Å². The van der Waals surface area contributed by atoms with E-state index >= 15 is 0 Å². The van der Waals surface area contributed by atoms with Gasteiger partial charge in [-0.3, -0.25) is 9.59 Å². The van der Waals surface area contributed by atoms with E-state index in [0.29, 0.717) is 24.6 Å². The molecule has 0 fully saturated rings. The molecule has 0 spiro atoms. The zero-order valence-electron chi connectivity index (χ0n) is 14.5. The Bertz CT molecular complexity index is 749. The van der Waals surface area contributed by atoms with Gasteiger partial charge in [0.2, 0.25) is 11.9 Å². The SMILES string of the molecule is CC(=O)Nc1cccnc1C(=O)NC(C)CCNc1nccc(C)n1. The predicted octanol–water partition coefficient (Wildman–Crippen LogP) is 1.76. The first-order valence-electron chi connectivity index (χ1n) is 8.02. The number of carbonyl (C=O) groups excluding carboxylic acids is 2. The number of pyridine rings is 1. The van der Waals surface area contributed by atoms with Crippen molar-refractivity contribution in [1.82, 2.24) is 20.3 Å². The van der Waals surface area contributed by atoms with Crippen molar-refractivity contribution in [2.45, 2.75) is 33.2 Å². The number of rotatable bonds is 7. The highest BCUT2D eigenvalue weighted by molar-refractivity contribution is 6.01. The van der Waals surface area contributed by atoms with Crippen LogP contribution in [-0.2, 0) is 4.79 Å². The minimum absolute atomic E-state index is 0.0861. The molecule has 1 atom stereocenters.